The Morgan fingerprint density at radius 1 is 1.33 bits per heavy atom. The molecule has 1 unspecified atom stereocenters. The molecule has 2 rings (SSSR count). The van der Waals surface area contributed by atoms with Gasteiger partial charge in [0.25, 0.3) is 0 Å². The van der Waals surface area contributed by atoms with E-state index in [1.165, 1.54) is 31.2 Å². The van der Waals surface area contributed by atoms with E-state index in [4.69, 9.17) is 5.11 Å². The number of rotatable bonds is 2. The summed E-state index contributed by atoms with van der Waals surface area (Å²) in [5.41, 5.74) is -0.970. The molecule has 112 valence electrons. The van der Waals surface area contributed by atoms with Crippen molar-refractivity contribution in [1.82, 2.24) is 0 Å². The van der Waals surface area contributed by atoms with Crippen LogP contribution < -0.4 is 0 Å². The summed E-state index contributed by atoms with van der Waals surface area (Å²) in [4.78, 5) is 10.9. The van der Waals surface area contributed by atoms with Crippen molar-refractivity contribution in [3.8, 4) is 0 Å². The van der Waals surface area contributed by atoms with E-state index in [0.717, 1.165) is 6.07 Å². The van der Waals surface area contributed by atoms with Crippen LogP contribution in [0.5, 0.6) is 0 Å². The zero-order valence-corrected chi connectivity index (χ0v) is 11.0. The average molecular weight is 300 g/mol. The van der Waals surface area contributed by atoms with Gasteiger partial charge in [-0.2, -0.15) is 13.2 Å². The summed E-state index contributed by atoms with van der Waals surface area (Å²) in [5, 5.41) is 8.93. The minimum Gasteiger partial charge on any atom is -0.481 e. The zero-order valence-electron chi connectivity index (χ0n) is 11.0. The lowest BCUT2D eigenvalue weighted by molar-refractivity contribution is -0.141. The highest BCUT2D eigenvalue weighted by atomic mass is 19.4. The molecule has 0 aliphatic heterocycles. The molecular formula is C15H12F4O2. The van der Waals surface area contributed by atoms with E-state index in [2.05, 4.69) is 0 Å². The van der Waals surface area contributed by atoms with Crippen molar-refractivity contribution in [2.75, 3.05) is 0 Å². The molecule has 1 N–H and O–H groups in total. The molecule has 0 amide bonds. The van der Waals surface area contributed by atoms with Gasteiger partial charge in [-0.05, 0) is 36.1 Å². The van der Waals surface area contributed by atoms with Crippen LogP contribution in [0.15, 0.2) is 35.9 Å². The highest BCUT2D eigenvalue weighted by Crippen LogP contribution is 2.40. The second-order valence-electron chi connectivity index (χ2n) is 4.81. The fraction of sp³-hybridized carbons (Fsp3) is 0.267. The Morgan fingerprint density at radius 2 is 2.00 bits per heavy atom. The van der Waals surface area contributed by atoms with Crippen LogP contribution in [0.25, 0.3) is 5.57 Å². The standard InChI is InChI=1S/C15H12F4O2/c1-8-7-9(14(20)21)5-6-10(8)11-3-2-4-12(16)13(11)15(17,18)19/h2-4,6-7,9H,5H2,1H3,(H,20,21). The van der Waals surface area contributed by atoms with Gasteiger partial charge in [-0.1, -0.05) is 24.3 Å². The van der Waals surface area contributed by atoms with Crippen LogP contribution in [0.2, 0.25) is 0 Å². The minimum atomic E-state index is -4.81. The number of aliphatic carboxylic acids is 1. The average Bonchev–Trinajstić information content (AvgIpc) is 2.36. The van der Waals surface area contributed by atoms with Crippen molar-refractivity contribution in [3.63, 3.8) is 0 Å². The van der Waals surface area contributed by atoms with Gasteiger partial charge in [0.2, 0.25) is 0 Å². The van der Waals surface area contributed by atoms with Crippen LogP contribution in [-0.4, -0.2) is 11.1 Å². The first kappa shape index (κ1) is 15.3. The Balaban J connectivity index is 2.53. The van der Waals surface area contributed by atoms with Crippen LogP contribution in [0, 0.1) is 11.7 Å². The number of hydrogen-bond acceptors (Lipinski definition) is 1. The third kappa shape index (κ3) is 2.99. The number of benzene rings is 1. The van der Waals surface area contributed by atoms with Gasteiger partial charge in [0.1, 0.15) is 5.82 Å². The Bertz CT molecular complexity index is 642. The first-order chi connectivity index (χ1) is 9.71. The number of carboxylic acids is 1. The van der Waals surface area contributed by atoms with E-state index < -0.39 is 29.4 Å². The normalized spacial score (nSPS) is 19.0. The summed E-state index contributed by atoms with van der Waals surface area (Å²) in [6, 6.07) is 3.16. The number of carboxylic acid groups (broad SMARTS) is 1. The number of alkyl halides is 3. The number of hydrogen-bond donors (Lipinski definition) is 1. The lowest BCUT2D eigenvalue weighted by Gasteiger charge is -2.21. The van der Waals surface area contributed by atoms with Gasteiger partial charge in [0, 0.05) is 0 Å². The first-order valence-electron chi connectivity index (χ1n) is 6.19. The highest BCUT2D eigenvalue weighted by Gasteiger charge is 2.38. The molecule has 1 aromatic carbocycles. The van der Waals surface area contributed by atoms with Crippen molar-refractivity contribution in [2.45, 2.75) is 19.5 Å². The maximum absolute atomic E-state index is 13.6. The number of carbonyl (C=O) groups is 1. The molecule has 0 radical (unpaired) electrons. The molecule has 1 aliphatic rings. The molecule has 0 heterocycles. The maximum atomic E-state index is 13.6. The predicted octanol–water partition coefficient (Wildman–Crippen LogP) is 4.28. The summed E-state index contributed by atoms with van der Waals surface area (Å²) >= 11 is 0. The molecule has 0 spiro atoms. The van der Waals surface area contributed by atoms with Crippen molar-refractivity contribution >= 4 is 11.5 Å². The van der Waals surface area contributed by atoms with Crippen LogP contribution in [0.3, 0.4) is 0 Å². The van der Waals surface area contributed by atoms with E-state index in [1.54, 1.807) is 0 Å². The second kappa shape index (κ2) is 5.35. The SMILES string of the molecule is CC1=CC(C(=O)O)CC=C1c1cccc(F)c1C(F)(F)F. The van der Waals surface area contributed by atoms with E-state index in [9.17, 15) is 22.4 Å². The van der Waals surface area contributed by atoms with Gasteiger partial charge < -0.3 is 5.11 Å². The minimum absolute atomic E-state index is 0.0792. The summed E-state index contributed by atoms with van der Waals surface area (Å²) in [6.07, 6.45) is -1.93. The van der Waals surface area contributed by atoms with Crippen molar-refractivity contribution in [3.05, 3.63) is 52.9 Å². The highest BCUT2D eigenvalue weighted by molar-refractivity contribution is 5.84. The molecule has 0 saturated heterocycles. The molecule has 0 bridgehead atoms. The maximum Gasteiger partial charge on any atom is 0.419 e. The van der Waals surface area contributed by atoms with Gasteiger partial charge in [-0.3, -0.25) is 4.79 Å². The van der Waals surface area contributed by atoms with Crippen LogP contribution >= 0.6 is 0 Å². The van der Waals surface area contributed by atoms with E-state index >= 15 is 0 Å². The summed E-state index contributed by atoms with van der Waals surface area (Å²) in [6.45, 7) is 1.52. The van der Waals surface area contributed by atoms with Gasteiger partial charge in [0.05, 0.1) is 11.5 Å². The van der Waals surface area contributed by atoms with E-state index in [-0.39, 0.29) is 17.6 Å². The molecule has 0 saturated carbocycles. The van der Waals surface area contributed by atoms with Gasteiger partial charge in [-0.15, -0.1) is 0 Å². The third-order valence-corrected chi connectivity index (χ3v) is 3.36. The second-order valence-corrected chi connectivity index (χ2v) is 4.81. The molecule has 21 heavy (non-hydrogen) atoms. The quantitative estimate of drug-likeness (QED) is 0.828. The molecule has 1 atom stereocenters. The van der Waals surface area contributed by atoms with Gasteiger partial charge in [-0.25, -0.2) is 4.39 Å². The van der Waals surface area contributed by atoms with Crippen LogP contribution in [0.1, 0.15) is 24.5 Å². The van der Waals surface area contributed by atoms with Crippen LogP contribution in [-0.2, 0) is 11.0 Å². The number of halogens is 4. The largest absolute Gasteiger partial charge is 0.481 e. The van der Waals surface area contributed by atoms with Gasteiger partial charge >= 0.3 is 12.1 Å². The molecular weight excluding hydrogens is 288 g/mol. The topological polar surface area (TPSA) is 37.3 Å². The Kier molecular flexibility index (Phi) is 3.89. The molecule has 1 aromatic rings. The summed E-state index contributed by atoms with van der Waals surface area (Å²) in [7, 11) is 0. The molecule has 2 nitrogen and oxygen atoms in total. The number of allylic oxidation sites excluding steroid dienone is 3. The monoisotopic (exact) mass is 300 g/mol. The summed E-state index contributed by atoms with van der Waals surface area (Å²) in [5.74, 6) is -3.15. The van der Waals surface area contributed by atoms with Crippen molar-refractivity contribution in [2.24, 2.45) is 5.92 Å². The van der Waals surface area contributed by atoms with Crippen LogP contribution in [0.4, 0.5) is 17.6 Å². The predicted molar refractivity (Wildman–Crippen MR) is 68.9 cm³/mol. The summed E-state index contributed by atoms with van der Waals surface area (Å²) < 4.78 is 52.6. The molecule has 6 heteroatoms. The third-order valence-electron chi connectivity index (χ3n) is 3.36. The van der Waals surface area contributed by atoms with E-state index in [0.29, 0.717) is 5.57 Å². The van der Waals surface area contributed by atoms with Crippen molar-refractivity contribution < 1.29 is 27.5 Å². The first-order valence-corrected chi connectivity index (χ1v) is 6.19. The fourth-order valence-electron chi connectivity index (χ4n) is 2.40. The Hall–Kier alpha value is -2.11. The van der Waals surface area contributed by atoms with Crippen molar-refractivity contribution in [1.29, 1.82) is 0 Å². The molecule has 0 fully saturated rings. The zero-order chi connectivity index (χ0) is 15.8. The van der Waals surface area contributed by atoms with Gasteiger partial charge in [0.15, 0.2) is 0 Å². The fourth-order valence-corrected chi connectivity index (χ4v) is 2.40. The Morgan fingerprint density at radius 3 is 2.52 bits per heavy atom. The van der Waals surface area contributed by atoms with E-state index in [1.807, 2.05) is 0 Å². The lowest BCUT2D eigenvalue weighted by atomic mass is 9.85. The Labute approximate surface area is 118 Å². The smallest absolute Gasteiger partial charge is 0.419 e. The molecule has 1 aliphatic carbocycles. The molecule has 0 aromatic heterocycles. The lowest BCUT2D eigenvalue weighted by Crippen LogP contribution is -2.16.